The first-order valence-electron chi connectivity index (χ1n) is 6.63. The third-order valence-corrected chi connectivity index (χ3v) is 4.31. The average Bonchev–Trinajstić information content (AvgIpc) is 3.09. The van der Waals surface area contributed by atoms with Crippen LogP contribution in [0, 0.1) is 12.3 Å². The molecular formula is C17H10ClNO3S. The van der Waals surface area contributed by atoms with Crippen LogP contribution in [0.1, 0.15) is 5.76 Å². The minimum Gasteiger partial charge on any atom is -0.457 e. The number of halogens is 1. The second-order valence-corrected chi connectivity index (χ2v) is 6.11. The number of terminal acetylenes is 1. The standard InChI is InChI=1S/C17H10ClNO3S/c1-2-9-19-16(20)15(23-17(19)21)10-13-7-8-14(22-13)11-3-5-12(18)6-4-11/h1,3-8,10H,9H2/b15-10-. The predicted octanol–water partition coefficient (Wildman–Crippen LogP) is 4.27. The SMILES string of the molecule is C#CCN1C(=O)S/C(=C\c2ccc(-c3ccc(Cl)cc3)o2)C1=O. The van der Waals surface area contributed by atoms with Crippen molar-refractivity contribution >= 4 is 40.6 Å². The van der Waals surface area contributed by atoms with Gasteiger partial charge in [-0.15, -0.1) is 6.42 Å². The van der Waals surface area contributed by atoms with Gasteiger partial charge < -0.3 is 4.42 Å². The molecule has 0 N–H and O–H groups in total. The van der Waals surface area contributed by atoms with Gasteiger partial charge in [0.25, 0.3) is 11.1 Å². The van der Waals surface area contributed by atoms with Gasteiger partial charge in [-0.05, 0) is 48.2 Å². The van der Waals surface area contributed by atoms with E-state index in [1.54, 1.807) is 30.3 Å². The number of benzene rings is 1. The van der Waals surface area contributed by atoms with Crippen molar-refractivity contribution in [1.29, 1.82) is 0 Å². The Morgan fingerprint density at radius 2 is 1.96 bits per heavy atom. The number of thioether (sulfide) groups is 1. The maximum absolute atomic E-state index is 12.1. The van der Waals surface area contributed by atoms with Gasteiger partial charge >= 0.3 is 0 Å². The Kier molecular flexibility index (Phi) is 4.28. The van der Waals surface area contributed by atoms with Gasteiger partial charge in [0, 0.05) is 16.7 Å². The first kappa shape index (κ1) is 15.5. The van der Waals surface area contributed by atoms with Crippen molar-refractivity contribution in [2.45, 2.75) is 0 Å². The Morgan fingerprint density at radius 3 is 2.65 bits per heavy atom. The van der Waals surface area contributed by atoms with Crippen molar-refractivity contribution < 1.29 is 14.0 Å². The summed E-state index contributed by atoms with van der Waals surface area (Å²) in [7, 11) is 0. The van der Waals surface area contributed by atoms with Crippen molar-refractivity contribution in [3.05, 3.63) is 52.1 Å². The smallest absolute Gasteiger partial charge is 0.294 e. The minimum atomic E-state index is -0.401. The van der Waals surface area contributed by atoms with Crippen molar-refractivity contribution in [3.8, 4) is 23.7 Å². The topological polar surface area (TPSA) is 50.5 Å². The van der Waals surface area contributed by atoms with E-state index in [0.717, 1.165) is 22.2 Å². The summed E-state index contributed by atoms with van der Waals surface area (Å²) in [6.07, 6.45) is 6.70. The van der Waals surface area contributed by atoms with Crippen LogP contribution in [0.2, 0.25) is 5.02 Å². The fraction of sp³-hybridized carbons (Fsp3) is 0.0588. The fourth-order valence-electron chi connectivity index (χ4n) is 2.06. The summed E-state index contributed by atoms with van der Waals surface area (Å²) < 4.78 is 5.70. The van der Waals surface area contributed by atoms with Crippen LogP contribution in [0.4, 0.5) is 4.79 Å². The predicted molar refractivity (Wildman–Crippen MR) is 90.7 cm³/mol. The van der Waals surface area contributed by atoms with Gasteiger partial charge in [0.1, 0.15) is 11.5 Å². The molecule has 0 saturated carbocycles. The van der Waals surface area contributed by atoms with Crippen molar-refractivity contribution in [1.82, 2.24) is 4.90 Å². The van der Waals surface area contributed by atoms with Crippen LogP contribution in [0.5, 0.6) is 0 Å². The van der Waals surface area contributed by atoms with Crippen molar-refractivity contribution in [2.24, 2.45) is 0 Å². The van der Waals surface area contributed by atoms with Crippen LogP contribution in [0.3, 0.4) is 0 Å². The number of rotatable bonds is 3. The Bertz CT molecular complexity index is 845. The number of hydrogen-bond acceptors (Lipinski definition) is 4. The van der Waals surface area contributed by atoms with Gasteiger partial charge in [0.05, 0.1) is 11.4 Å². The Balaban J connectivity index is 1.84. The summed E-state index contributed by atoms with van der Waals surface area (Å²) in [5, 5.41) is 0.270. The summed E-state index contributed by atoms with van der Waals surface area (Å²) >= 11 is 6.70. The van der Waals surface area contributed by atoms with Crippen molar-refractivity contribution in [2.75, 3.05) is 6.54 Å². The highest BCUT2D eigenvalue weighted by atomic mass is 35.5. The third-order valence-electron chi connectivity index (χ3n) is 3.15. The molecular weight excluding hydrogens is 334 g/mol. The van der Waals surface area contributed by atoms with E-state index >= 15 is 0 Å². The zero-order valence-electron chi connectivity index (χ0n) is 11.8. The van der Waals surface area contributed by atoms with Gasteiger partial charge in [-0.25, -0.2) is 0 Å². The molecule has 0 atom stereocenters. The minimum absolute atomic E-state index is 0.0316. The highest BCUT2D eigenvalue weighted by Crippen LogP contribution is 2.33. The molecule has 0 aliphatic carbocycles. The van der Waals surface area contributed by atoms with Gasteiger partial charge in [0.15, 0.2) is 0 Å². The highest BCUT2D eigenvalue weighted by Gasteiger charge is 2.34. The van der Waals surface area contributed by atoms with E-state index in [2.05, 4.69) is 5.92 Å². The van der Waals surface area contributed by atoms with Crippen LogP contribution in [-0.4, -0.2) is 22.6 Å². The van der Waals surface area contributed by atoms with Gasteiger partial charge in [-0.1, -0.05) is 17.5 Å². The lowest BCUT2D eigenvalue weighted by Crippen LogP contribution is -2.28. The lowest BCUT2D eigenvalue weighted by atomic mass is 10.2. The molecule has 1 fully saturated rings. The van der Waals surface area contributed by atoms with E-state index in [-0.39, 0.29) is 11.8 Å². The van der Waals surface area contributed by atoms with E-state index in [1.165, 1.54) is 0 Å². The number of carbonyl (C=O) groups is 2. The summed E-state index contributed by atoms with van der Waals surface area (Å²) in [5.41, 5.74) is 0.870. The summed E-state index contributed by atoms with van der Waals surface area (Å²) in [4.78, 5) is 25.1. The molecule has 1 saturated heterocycles. The molecule has 0 radical (unpaired) electrons. The number of hydrogen-bond donors (Lipinski definition) is 0. The molecule has 1 aliphatic heterocycles. The van der Waals surface area contributed by atoms with Crippen LogP contribution in [0.15, 0.2) is 45.7 Å². The third kappa shape index (κ3) is 3.19. The number of nitrogens with zero attached hydrogens (tertiary/aromatic N) is 1. The number of furan rings is 1. The molecule has 114 valence electrons. The van der Waals surface area contributed by atoms with E-state index in [0.29, 0.717) is 21.4 Å². The molecule has 1 aliphatic rings. The normalized spacial score (nSPS) is 16.2. The zero-order chi connectivity index (χ0) is 16.4. The van der Waals surface area contributed by atoms with E-state index in [4.69, 9.17) is 22.4 Å². The maximum Gasteiger partial charge on any atom is 0.294 e. The Morgan fingerprint density at radius 1 is 1.22 bits per heavy atom. The lowest BCUT2D eigenvalue weighted by molar-refractivity contribution is -0.122. The summed E-state index contributed by atoms with van der Waals surface area (Å²) in [6, 6.07) is 10.7. The molecule has 3 rings (SSSR count). The van der Waals surface area contributed by atoms with E-state index in [1.807, 2.05) is 12.1 Å². The summed E-state index contributed by atoms with van der Waals surface area (Å²) in [6.45, 7) is -0.0316. The molecule has 4 nitrogen and oxygen atoms in total. The monoisotopic (exact) mass is 343 g/mol. The largest absolute Gasteiger partial charge is 0.457 e. The molecule has 2 heterocycles. The van der Waals surface area contributed by atoms with Crippen LogP contribution in [-0.2, 0) is 4.79 Å². The zero-order valence-corrected chi connectivity index (χ0v) is 13.4. The number of carbonyl (C=O) groups excluding carboxylic acids is 2. The number of imide groups is 1. The second kappa shape index (κ2) is 6.37. The maximum atomic E-state index is 12.1. The number of amides is 2. The Labute approximate surface area is 142 Å². The first-order valence-corrected chi connectivity index (χ1v) is 7.82. The van der Waals surface area contributed by atoms with Crippen LogP contribution in [0.25, 0.3) is 17.4 Å². The molecule has 0 bridgehead atoms. The first-order chi connectivity index (χ1) is 11.1. The lowest BCUT2D eigenvalue weighted by Gasteiger charge is -2.06. The Hall–Kier alpha value is -2.42. The van der Waals surface area contributed by atoms with Crippen molar-refractivity contribution in [3.63, 3.8) is 0 Å². The van der Waals surface area contributed by atoms with Crippen LogP contribution >= 0.6 is 23.4 Å². The molecule has 1 aromatic heterocycles. The average molecular weight is 344 g/mol. The summed E-state index contributed by atoms with van der Waals surface area (Å²) in [5.74, 6) is 3.03. The van der Waals surface area contributed by atoms with Gasteiger partial charge in [-0.2, -0.15) is 0 Å². The molecule has 1 aromatic carbocycles. The molecule has 2 amide bonds. The van der Waals surface area contributed by atoms with Gasteiger partial charge in [0.2, 0.25) is 0 Å². The molecule has 6 heteroatoms. The molecule has 0 spiro atoms. The van der Waals surface area contributed by atoms with E-state index < -0.39 is 5.91 Å². The molecule has 0 unspecified atom stereocenters. The van der Waals surface area contributed by atoms with E-state index in [9.17, 15) is 9.59 Å². The highest BCUT2D eigenvalue weighted by molar-refractivity contribution is 8.18. The fourth-order valence-corrected chi connectivity index (χ4v) is 3.00. The quantitative estimate of drug-likeness (QED) is 0.617. The second-order valence-electron chi connectivity index (χ2n) is 4.68. The van der Waals surface area contributed by atoms with Gasteiger partial charge in [-0.3, -0.25) is 14.5 Å². The molecule has 2 aromatic rings. The molecule has 23 heavy (non-hydrogen) atoms. The van der Waals surface area contributed by atoms with Crippen LogP contribution < -0.4 is 0 Å².